The maximum atomic E-state index is 12.6. The highest BCUT2D eigenvalue weighted by molar-refractivity contribution is 7.11. The smallest absolute Gasteiger partial charge is 0.343 e. The van der Waals surface area contributed by atoms with Crippen molar-refractivity contribution in [1.82, 2.24) is 10.3 Å². The molecule has 0 radical (unpaired) electrons. The Bertz CT molecular complexity index is 930. The second-order valence-electron chi connectivity index (χ2n) is 5.54. The van der Waals surface area contributed by atoms with Crippen LogP contribution in [0.2, 0.25) is 0 Å². The number of nitrogens with zero attached hydrogens (tertiary/aromatic N) is 2. The Kier molecular flexibility index (Phi) is 5.13. The fourth-order valence-corrected chi connectivity index (χ4v) is 3.22. The third kappa shape index (κ3) is 3.50. The molecule has 1 aromatic carbocycles. The molecule has 2 heterocycles. The Hall–Kier alpha value is -3.00. The van der Waals surface area contributed by atoms with Crippen LogP contribution in [-0.4, -0.2) is 29.3 Å². The van der Waals surface area contributed by atoms with Crippen LogP contribution in [0.15, 0.2) is 46.0 Å². The summed E-state index contributed by atoms with van der Waals surface area (Å²) in [5, 5.41) is 5.91. The Morgan fingerprint density at radius 2 is 2.04 bits per heavy atom. The van der Waals surface area contributed by atoms with Crippen LogP contribution >= 0.6 is 11.3 Å². The van der Waals surface area contributed by atoms with Crippen LogP contribution in [0.5, 0.6) is 0 Å². The molecule has 0 saturated heterocycles. The summed E-state index contributed by atoms with van der Waals surface area (Å²) in [5.41, 5.74) is 4.32. The number of esters is 1. The summed E-state index contributed by atoms with van der Waals surface area (Å²) in [7, 11) is 0. The molecule has 0 saturated carbocycles. The van der Waals surface area contributed by atoms with Gasteiger partial charge in [0.1, 0.15) is 16.3 Å². The molecule has 2 N–H and O–H groups in total. The number of rotatable bonds is 3. The molecule has 2 aromatic rings. The van der Waals surface area contributed by atoms with E-state index in [-0.39, 0.29) is 23.9 Å². The number of amidine groups is 1. The molecular weight excluding hydrogens is 352 g/mol. The van der Waals surface area contributed by atoms with Gasteiger partial charge in [-0.25, -0.2) is 14.8 Å². The number of hydrogen-bond donors (Lipinski definition) is 2. The number of aryl methyl sites for hydroxylation is 1. The quantitative estimate of drug-likeness (QED) is 0.810. The minimum atomic E-state index is -0.551. The van der Waals surface area contributed by atoms with E-state index in [1.54, 1.807) is 32.3 Å². The maximum Gasteiger partial charge on any atom is 0.343 e. The Labute approximate surface area is 154 Å². The summed E-state index contributed by atoms with van der Waals surface area (Å²) in [4.78, 5) is 34.2. The zero-order chi connectivity index (χ0) is 18.7. The summed E-state index contributed by atoms with van der Waals surface area (Å²) in [6, 6.07) is 7.35. The molecule has 8 heteroatoms. The monoisotopic (exact) mass is 370 g/mol. The van der Waals surface area contributed by atoms with Crippen LogP contribution in [0.25, 0.3) is 0 Å². The highest BCUT2D eigenvalue weighted by Gasteiger charge is 2.27. The second kappa shape index (κ2) is 7.49. The number of para-hydroxylation sites is 2. The summed E-state index contributed by atoms with van der Waals surface area (Å²) in [6.07, 6.45) is 0. The predicted octanol–water partition coefficient (Wildman–Crippen LogP) is 3.17. The van der Waals surface area contributed by atoms with E-state index in [0.717, 1.165) is 5.69 Å². The highest BCUT2D eigenvalue weighted by atomic mass is 32.1. The number of carbonyl (C=O) groups excluding carboxylic acids is 2. The molecule has 1 aliphatic rings. The average Bonchev–Trinajstić information content (AvgIpc) is 2.97. The second-order valence-corrected chi connectivity index (χ2v) is 6.40. The summed E-state index contributed by atoms with van der Waals surface area (Å²) in [6.45, 7) is 5.44. The van der Waals surface area contributed by atoms with Gasteiger partial charge in [-0.1, -0.05) is 12.1 Å². The molecule has 1 amide bonds. The number of hydrogen-bond acceptors (Lipinski definition) is 7. The van der Waals surface area contributed by atoms with Crippen LogP contribution in [0.4, 0.5) is 11.4 Å². The fourth-order valence-electron chi connectivity index (χ4n) is 2.52. The molecule has 0 unspecified atom stereocenters. The van der Waals surface area contributed by atoms with Gasteiger partial charge < -0.3 is 15.4 Å². The van der Waals surface area contributed by atoms with Gasteiger partial charge in [-0.05, 0) is 32.9 Å². The van der Waals surface area contributed by atoms with Crippen molar-refractivity contribution < 1.29 is 14.3 Å². The van der Waals surface area contributed by atoms with Crippen molar-refractivity contribution in [2.24, 2.45) is 4.99 Å². The minimum absolute atomic E-state index is 0.149. The van der Waals surface area contributed by atoms with E-state index in [4.69, 9.17) is 4.74 Å². The number of ether oxygens (including phenoxy) is 1. The first-order chi connectivity index (χ1) is 12.5. The van der Waals surface area contributed by atoms with Gasteiger partial charge in [0, 0.05) is 5.70 Å². The Balaban J connectivity index is 2.05. The predicted molar refractivity (Wildman–Crippen MR) is 101 cm³/mol. The topological polar surface area (TPSA) is 92.7 Å². The number of aromatic nitrogens is 1. The number of amides is 1. The Morgan fingerprint density at radius 1 is 1.27 bits per heavy atom. The van der Waals surface area contributed by atoms with Crippen molar-refractivity contribution in [3.8, 4) is 0 Å². The summed E-state index contributed by atoms with van der Waals surface area (Å²) >= 11 is 1.23. The van der Waals surface area contributed by atoms with Gasteiger partial charge in [0.25, 0.3) is 5.91 Å². The lowest BCUT2D eigenvalue weighted by Crippen LogP contribution is -2.35. The molecule has 0 spiro atoms. The number of aliphatic imine (C=N–C) groups is 1. The molecule has 7 nitrogen and oxygen atoms in total. The van der Waals surface area contributed by atoms with Gasteiger partial charge in [-0.15, -0.1) is 11.3 Å². The van der Waals surface area contributed by atoms with Gasteiger partial charge in [0.15, 0.2) is 0 Å². The minimum Gasteiger partial charge on any atom is -0.462 e. The first-order valence-electron chi connectivity index (χ1n) is 8.05. The molecule has 0 fully saturated rings. The largest absolute Gasteiger partial charge is 0.462 e. The molecule has 0 atom stereocenters. The van der Waals surface area contributed by atoms with E-state index < -0.39 is 5.97 Å². The molecule has 0 aliphatic carbocycles. The molecule has 26 heavy (non-hydrogen) atoms. The molecular formula is C18H18N4O3S. The van der Waals surface area contributed by atoms with Crippen molar-refractivity contribution in [3.05, 3.63) is 51.6 Å². The highest BCUT2D eigenvalue weighted by Crippen LogP contribution is 2.30. The Morgan fingerprint density at radius 3 is 2.73 bits per heavy atom. The van der Waals surface area contributed by atoms with E-state index in [2.05, 4.69) is 20.6 Å². The van der Waals surface area contributed by atoms with E-state index in [0.29, 0.717) is 22.0 Å². The maximum absolute atomic E-state index is 12.6. The summed E-state index contributed by atoms with van der Waals surface area (Å²) in [5.74, 6) is -0.765. The van der Waals surface area contributed by atoms with Crippen LogP contribution in [0, 0.1) is 6.92 Å². The van der Waals surface area contributed by atoms with Crippen molar-refractivity contribution >= 4 is 40.4 Å². The van der Waals surface area contributed by atoms with Gasteiger partial charge in [-0.3, -0.25) is 4.79 Å². The lowest BCUT2D eigenvalue weighted by atomic mass is 10.2. The fraction of sp³-hybridized carbons (Fsp3) is 0.222. The molecule has 1 aromatic heterocycles. The third-order valence-corrected chi connectivity index (χ3v) is 4.66. The third-order valence-electron chi connectivity index (χ3n) is 3.73. The van der Waals surface area contributed by atoms with Gasteiger partial charge in [0.2, 0.25) is 0 Å². The van der Waals surface area contributed by atoms with Gasteiger partial charge in [-0.2, -0.15) is 0 Å². The van der Waals surface area contributed by atoms with Crippen molar-refractivity contribution in [1.29, 1.82) is 0 Å². The summed E-state index contributed by atoms with van der Waals surface area (Å²) < 4.78 is 5.15. The number of carbonyl (C=O) groups is 2. The lowest BCUT2D eigenvalue weighted by molar-refractivity contribution is -0.137. The lowest BCUT2D eigenvalue weighted by Gasteiger charge is -2.13. The molecule has 1 aliphatic heterocycles. The number of allylic oxidation sites excluding steroid dienone is 1. The van der Waals surface area contributed by atoms with Crippen LogP contribution in [0.3, 0.4) is 0 Å². The van der Waals surface area contributed by atoms with Crippen LogP contribution in [0.1, 0.15) is 29.2 Å². The van der Waals surface area contributed by atoms with Crippen molar-refractivity contribution in [3.63, 3.8) is 0 Å². The normalized spacial score (nSPS) is 13.3. The number of fused-ring (bicyclic) bond motifs is 1. The molecule has 134 valence electrons. The van der Waals surface area contributed by atoms with Crippen LogP contribution < -0.4 is 10.6 Å². The number of nitrogens with one attached hydrogen (secondary N) is 2. The number of anilines is 1. The van der Waals surface area contributed by atoms with E-state index >= 15 is 0 Å². The van der Waals surface area contributed by atoms with E-state index in [1.807, 2.05) is 18.2 Å². The molecule has 0 bridgehead atoms. The van der Waals surface area contributed by atoms with Crippen molar-refractivity contribution in [2.45, 2.75) is 20.8 Å². The first-order valence-corrected chi connectivity index (χ1v) is 8.93. The first kappa shape index (κ1) is 17.8. The average molecular weight is 370 g/mol. The zero-order valence-electron chi connectivity index (χ0n) is 14.6. The van der Waals surface area contributed by atoms with Crippen molar-refractivity contribution in [2.75, 3.05) is 11.9 Å². The van der Waals surface area contributed by atoms with Crippen LogP contribution in [-0.2, 0) is 9.53 Å². The SMILES string of the molecule is CCOC(=O)C1=C(C)Nc2ccccc2N=C1NC(=O)c1scnc1C. The van der Waals surface area contributed by atoms with Gasteiger partial charge in [0.05, 0.1) is 29.2 Å². The molecule has 3 rings (SSSR count). The zero-order valence-corrected chi connectivity index (χ0v) is 15.4. The number of thiazole rings is 1. The number of benzene rings is 1. The standard InChI is InChI=1S/C18H18N4O3S/c1-4-25-18(24)14-10(2)20-12-7-5-6-8-13(12)21-16(14)22-17(23)15-11(3)19-9-26-15/h5-9,20H,4H2,1-3H3,(H,21,22,23). The van der Waals surface area contributed by atoms with E-state index in [9.17, 15) is 9.59 Å². The van der Waals surface area contributed by atoms with E-state index in [1.165, 1.54) is 11.3 Å². The van der Waals surface area contributed by atoms with Gasteiger partial charge >= 0.3 is 5.97 Å².